The van der Waals surface area contributed by atoms with E-state index in [0.29, 0.717) is 24.6 Å². The first kappa shape index (κ1) is 23.8. The third kappa shape index (κ3) is 6.58. The molecule has 1 amide bonds. The lowest BCUT2D eigenvalue weighted by atomic mass is 10.2. The van der Waals surface area contributed by atoms with E-state index in [1.165, 1.54) is 7.11 Å². The van der Waals surface area contributed by atoms with E-state index in [-0.39, 0.29) is 13.2 Å². The van der Waals surface area contributed by atoms with Crippen molar-refractivity contribution >= 4 is 11.9 Å². The second-order valence-electron chi connectivity index (χ2n) is 7.67. The number of carbonyl (C=O) groups is 2. The van der Waals surface area contributed by atoms with Crippen LogP contribution in [0.3, 0.4) is 0 Å². The number of carbonyl (C=O) groups excluding carboxylic acids is 2. The molecule has 3 rings (SSSR count). The predicted octanol–water partition coefficient (Wildman–Crippen LogP) is 3.10. The van der Waals surface area contributed by atoms with E-state index in [2.05, 4.69) is 10.4 Å². The molecule has 0 aliphatic rings. The summed E-state index contributed by atoms with van der Waals surface area (Å²) in [5.41, 5.74) is 4.93. The Morgan fingerprint density at radius 2 is 1.76 bits per heavy atom. The van der Waals surface area contributed by atoms with Gasteiger partial charge < -0.3 is 19.5 Å². The topological polar surface area (TPSA) is 91.7 Å². The first-order valence-corrected chi connectivity index (χ1v) is 10.6. The monoisotopic (exact) mass is 451 g/mol. The van der Waals surface area contributed by atoms with Gasteiger partial charge in [-0.05, 0) is 44.0 Å². The van der Waals surface area contributed by atoms with E-state index in [9.17, 15) is 9.59 Å². The molecule has 1 heterocycles. The molecule has 0 bridgehead atoms. The number of aromatic nitrogens is 2. The summed E-state index contributed by atoms with van der Waals surface area (Å²) < 4.78 is 17.6. The highest BCUT2D eigenvalue weighted by Crippen LogP contribution is 2.27. The summed E-state index contributed by atoms with van der Waals surface area (Å²) in [5.74, 6) is -0.0799. The van der Waals surface area contributed by atoms with Crippen molar-refractivity contribution in [3.63, 3.8) is 0 Å². The Morgan fingerprint density at radius 1 is 1.00 bits per heavy atom. The Bertz CT molecular complexity index is 1110. The molecular formula is C25H29N3O5. The number of aryl methyl sites for hydroxylation is 2. The van der Waals surface area contributed by atoms with E-state index >= 15 is 0 Å². The Morgan fingerprint density at radius 3 is 2.48 bits per heavy atom. The average molecular weight is 452 g/mol. The van der Waals surface area contributed by atoms with Crippen LogP contribution in [0.5, 0.6) is 11.5 Å². The highest BCUT2D eigenvalue weighted by molar-refractivity contribution is 5.81. The first-order valence-electron chi connectivity index (χ1n) is 10.6. The van der Waals surface area contributed by atoms with Crippen molar-refractivity contribution in [2.45, 2.75) is 33.9 Å². The molecule has 0 aliphatic carbocycles. The molecule has 0 unspecified atom stereocenters. The van der Waals surface area contributed by atoms with Gasteiger partial charge in [0.1, 0.15) is 0 Å². The van der Waals surface area contributed by atoms with Crippen LogP contribution in [-0.4, -0.2) is 42.0 Å². The highest BCUT2D eigenvalue weighted by Gasteiger charge is 2.14. The summed E-state index contributed by atoms with van der Waals surface area (Å²) in [5, 5.41) is 7.36. The number of ether oxygens (including phenoxy) is 3. The predicted molar refractivity (Wildman–Crippen MR) is 123 cm³/mol. The number of nitrogens with zero attached hydrogens (tertiary/aromatic N) is 2. The average Bonchev–Trinajstić information content (AvgIpc) is 3.08. The van der Waals surface area contributed by atoms with Gasteiger partial charge in [-0.2, -0.15) is 5.10 Å². The van der Waals surface area contributed by atoms with Crippen molar-refractivity contribution in [1.29, 1.82) is 0 Å². The number of hydrogen-bond donors (Lipinski definition) is 1. The summed E-state index contributed by atoms with van der Waals surface area (Å²) in [6.07, 6.45) is 0. The van der Waals surface area contributed by atoms with Crippen LogP contribution in [0.2, 0.25) is 0 Å². The number of esters is 1. The summed E-state index contributed by atoms with van der Waals surface area (Å²) in [4.78, 5) is 24.1. The largest absolute Gasteiger partial charge is 0.493 e. The molecule has 0 saturated carbocycles. The van der Waals surface area contributed by atoms with Gasteiger partial charge in [0.25, 0.3) is 5.91 Å². The van der Waals surface area contributed by atoms with Crippen LogP contribution < -0.4 is 14.8 Å². The maximum atomic E-state index is 12.2. The van der Waals surface area contributed by atoms with Crippen molar-refractivity contribution in [1.82, 2.24) is 15.1 Å². The van der Waals surface area contributed by atoms with Crippen molar-refractivity contribution < 1.29 is 23.8 Å². The van der Waals surface area contributed by atoms with E-state index in [1.807, 2.05) is 61.9 Å². The molecule has 0 atom stereocenters. The molecule has 0 spiro atoms. The minimum absolute atomic E-state index is 0.305. The molecule has 2 aromatic carbocycles. The normalized spacial score (nSPS) is 10.5. The fourth-order valence-corrected chi connectivity index (χ4v) is 3.36. The maximum Gasteiger partial charge on any atom is 0.344 e. The third-order valence-corrected chi connectivity index (χ3v) is 5.20. The Kier molecular flexibility index (Phi) is 8.07. The molecule has 1 aromatic heterocycles. The zero-order chi connectivity index (χ0) is 23.8. The standard InChI is InChI=1S/C25H29N3O5/c1-17-10-11-22(23(12-17)31-4)32-16-25(30)33-15-24(29)26-13-21-18(2)27-28(19(21)3)14-20-8-6-5-7-9-20/h5-12H,13-16H2,1-4H3,(H,26,29). The summed E-state index contributed by atoms with van der Waals surface area (Å²) in [6, 6.07) is 15.4. The lowest BCUT2D eigenvalue weighted by molar-refractivity contribution is -0.150. The fourth-order valence-electron chi connectivity index (χ4n) is 3.36. The van der Waals surface area contributed by atoms with Gasteiger partial charge in [-0.15, -0.1) is 0 Å². The van der Waals surface area contributed by atoms with E-state index in [4.69, 9.17) is 14.2 Å². The molecule has 0 aliphatic heterocycles. The van der Waals surface area contributed by atoms with Gasteiger partial charge in [0, 0.05) is 17.8 Å². The molecule has 0 saturated heterocycles. The molecule has 1 N–H and O–H groups in total. The highest BCUT2D eigenvalue weighted by atomic mass is 16.6. The van der Waals surface area contributed by atoms with Gasteiger partial charge in [-0.1, -0.05) is 36.4 Å². The SMILES string of the molecule is COc1cc(C)ccc1OCC(=O)OCC(=O)NCc1c(C)nn(Cc2ccccc2)c1C. The van der Waals surface area contributed by atoms with Crippen LogP contribution >= 0.6 is 0 Å². The van der Waals surface area contributed by atoms with Crippen LogP contribution in [0.1, 0.15) is 28.1 Å². The number of hydrogen-bond acceptors (Lipinski definition) is 6. The smallest absolute Gasteiger partial charge is 0.344 e. The van der Waals surface area contributed by atoms with E-state index < -0.39 is 11.9 Å². The van der Waals surface area contributed by atoms with Crippen molar-refractivity contribution in [2.75, 3.05) is 20.3 Å². The number of rotatable bonds is 10. The number of amides is 1. The zero-order valence-corrected chi connectivity index (χ0v) is 19.4. The lowest BCUT2D eigenvalue weighted by Gasteiger charge is -2.11. The third-order valence-electron chi connectivity index (χ3n) is 5.20. The molecule has 8 nitrogen and oxygen atoms in total. The van der Waals surface area contributed by atoms with Crippen LogP contribution in [0.4, 0.5) is 0 Å². The summed E-state index contributed by atoms with van der Waals surface area (Å²) in [7, 11) is 1.53. The van der Waals surface area contributed by atoms with Crippen molar-refractivity contribution in [2.24, 2.45) is 0 Å². The fraction of sp³-hybridized carbons (Fsp3) is 0.320. The van der Waals surface area contributed by atoms with Gasteiger partial charge in [0.15, 0.2) is 24.7 Å². The maximum absolute atomic E-state index is 12.2. The second kappa shape index (κ2) is 11.2. The Hall–Kier alpha value is -3.81. The summed E-state index contributed by atoms with van der Waals surface area (Å²) >= 11 is 0. The minimum atomic E-state index is -0.643. The molecule has 3 aromatic rings. The quantitative estimate of drug-likeness (QED) is 0.476. The zero-order valence-electron chi connectivity index (χ0n) is 19.4. The molecule has 0 radical (unpaired) electrons. The van der Waals surface area contributed by atoms with Crippen molar-refractivity contribution in [3.8, 4) is 11.5 Å². The lowest BCUT2D eigenvalue weighted by Crippen LogP contribution is -2.29. The van der Waals surface area contributed by atoms with Gasteiger partial charge in [-0.25, -0.2) is 4.79 Å². The van der Waals surface area contributed by atoms with Crippen LogP contribution in [0.15, 0.2) is 48.5 Å². The molecule has 0 fully saturated rings. The number of nitrogens with one attached hydrogen (secondary N) is 1. The minimum Gasteiger partial charge on any atom is -0.493 e. The van der Waals surface area contributed by atoms with Gasteiger partial charge in [0.2, 0.25) is 0 Å². The van der Waals surface area contributed by atoms with Crippen LogP contribution in [0, 0.1) is 20.8 Å². The summed E-state index contributed by atoms with van der Waals surface area (Å²) in [6.45, 7) is 6.07. The second-order valence-corrected chi connectivity index (χ2v) is 7.67. The molecular weight excluding hydrogens is 422 g/mol. The van der Waals surface area contributed by atoms with E-state index in [1.54, 1.807) is 12.1 Å². The number of benzene rings is 2. The molecule has 8 heteroatoms. The Labute approximate surface area is 193 Å². The molecule has 33 heavy (non-hydrogen) atoms. The molecule has 174 valence electrons. The van der Waals surface area contributed by atoms with Crippen molar-refractivity contribution in [3.05, 3.63) is 76.6 Å². The van der Waals surface area contributed by atoms with E-state index in [0.717, 1.165) is 28.1 Å². The first-order chi connectivity index (χ1) is 15.9. The van der Waals surface area contributed by atoms with Crippen LogP contribution in [0.25, 0.3) is 0 Å². The number of methoxy groups -OCH3 is 1. The van der Waals surface area contributed by atoms with Gasteiger partial charge >= 0.3 is 5.97 Å². The Balaban J connectivity index is 1.45. The van der Waals surface area contributed by atoms with Gasteiger partial charge in [0.05, 0.1) is 19.3 Å². The van der Waals surface area contributed by atoms with Crippen LogP contribution in [-0.2, 0) is 27.4 Å². The van der Waals surface area contributed by atoms with Gasteiger partial charge in [-0.3, -0.25) is 9.48 Å².